The van der Waals surface area contributed by atoms with E-state index in [-0.39, 0.29) is 5.75 Å². The zero-order valence-electron chi connectivity index (χ0n) is 9.21. The highest BCUT2D eigenvalue weighted by Crippen LogP contribution is 2.54. The number of ether oxygens (including phenoxy) is 2. The molecule has 88 valence electrons. The Kier molecular flexibility index (Phi) is 2.75. The fourth-order valence-corrected chi connectivity index (χ4v) is 2.21. The molecule has 1 saturated carbocycles. The number of aromatic hydroxyl groups is 1. The maximum Gasteiger partial charge on any atom is 0.169 e. The van der Waals surface area contributed by atoms with Crippen LogP contribution in [0.25, 0.3) is 0 Å². The number of hydrogen-bond donors (Lipinski definition) is 2. The van der Waals surface area contributed by atoms with E-state index in [9.17, 15) is 5.11 Å². The molecule has 2 rings (SSSR count). The minimum atomic E-state index is -0.480. The van der Waals surface area contributed by atoms with E-state index in [2.05, 4.69) is 15.9 Å². The molecule has 1 fully saturated rings. The van der Waals surface area contributed by atoms with Crippen molar-refractivity contribution in [3.8, 4) is 17.2 Å². The molecule has 0 saturated heterocycles. The fraction of sp³-hybridized carbons (Fsp3) is 0.455. The second kappa shape index (κ2) is 3.82. The predicted octanol–water partition coefficient (Wildman–Crippen LogP) is 2.12. The van der Waals surface area contributed by atoms with Gasteiger partial charge in [0.25, 0.3) is 0 Å². The second-order valence-corrected chi connectivity index (χ2v) is 4.83. The average molecular weight is 288 g/mol. The van der Waals surface area contributed by atoms with Gasteiger partial charge < -0.3 is 20.3 Å². The first-order chi connectivity index (χ1) is 7.53. The smallest absolute Gasteiger partial charge is 0.169 e. The highest BCUT2D eigenvalue weighted by Gasteiger charge is 2.45. The van der Waals surface area contributed by atoms with Crippen LogP contribution < -0.4 is 15.2 Å². The molecular formula is C11H14BrNO3. The molecule has 1 aromatic rings. The standard InChI is InChI=1S/C11H14BrNO3/c1-15-7-5-6(12)9(14)8(10(7)16-2)11(13)3-4-11/h5,14H,3-4,13H2,1-2H3. The lowest BCUT2D eigenvalue weighted by molar-refractivity contribution is 0.342. The number of phenols is 1. The molecule has 1 aliphatic rings. The highest BCUT2D eigenvalue weighted by molar-refractivity contribution is 9.10. The van der Waals surface area contributed by atoms with Gasteiger partial charge in [0.1, 0.15) is 5.75 Å². The van der Waals surface area contributed by atoms with E-state index in [0.717, 1.165) is 12.8 Å². The Morgan fingerprint density at radius 3 is 2.44 bits per heavy atom. The Morgan fingerprint density at radius 2 is 2.00 bits per heavy atom. The molecule has 0 bridgehead atoms. The molecule has 4 nitrogen and oxygen atoms in total. The number of methoxy groups -OCH3 is 2. The third kappa shape index (κ3) is 1.64. The number of phenolic OH excluding ortho intramolecular Hbond substituents is 1. The number of hydrogen-bond acceptors (Lipinski definition) is 4. The van der Waals surface area contributed by atoms with Crippen LogP contribution in [0.4, 0.5) is 0 Å². The van der Waals surface area contributed by atoms with Crippen molar-refractivity contribution in [1.82, 2.24) is 0 Å². The molecule has 16 heavy (non-hydrogen) atoms. The van der Waals surface area contributed by atoms with Crippen LogP contribution in [-0.2, 0) is 5.54 Å². The number of rotatable bonds is 3. The van der Waals surface area contributed by atoms with Gasteiger partial charge in [-0.2, -0.15) is 0 Å². The van der Waals surface area contributed by atoms with Gasteiger partial charge in [0, 0.05) is 11.6 Å². The van der Waals surface area contributed by atoms with Crippen LogP contribution in [0.2, 0.25) is 0 Å². The average Bonchev–Trinajstić information content (AvgIpc) is 3.00. The van der Waals surface area contributed by atoms with E-state index >= 15 is 0 Å². The summed E-state index contributed by atoms with van der Waals surface area (Å²) in [6.07, 6.45) is 1.69. The monoisotopic (exact) mass is 287 g/mol. The largest absolute Gasteiger partial charge is 0.506 e. The number of benzene rings is 1. The normalized spacial score (nSPS) is 17.0. The van der Waals surface area contributed by atoms with Crippen LogP contribution >= 0.6 is 15.9 Å². The summed E-state index contributed by atoms with van der Waals surface area (Å²) in [4.78, 5) is 0. The van der Waals surface area contributed by atoms with Gasteiger partial charge in [-0.25, -0.2) is 0 Å². The van der Waals surface area contributed by atoms with Gasteiger partial charge >= 0.3 is 0 Å². The first-order valence-corrected chi connectivity index (χ1v) is 5.75. The lowest BCUT2D eigenvalue weighted by Crippen LogP contribution is -2.20. The topological polar surface area (TPSA) is 64.7 Å². The van der Waals surface area contributed by atoms with E-state index < -0.39 is 5.54 Å². The minimum Gasteiger partial charge on any atom is -0.506 e. The van der Waals surface area contributed by atoms with Crippen molar-refractivity contribution in [3.63, 3.8) is 0 Å². The molecule has 0 radical (unpaired) electrons. The van der Waals surface area contributed by atoms with Crippen molar-refractivity contribution in [3.05, 3.63) is 16.1 Å². The molecule has 0 amide bonds. The van der Waals surface area contributed by atoms with Gasteiger partial charge in [-0.15, -0.1) is 0 Å². The Bertz CT molecular complexity index is 430. The lowest BCUT2D eigenvalue weighted by Gasteiger charge is -2.19. The van der Waals surface area contributed by atoms with Crippen LogP contribution in [0.5, 0.6) is 17.2 Å². The van der Waals surface area contributed by atoms with Crippen LogP contribution in [0.15, 0.2) is 10.5 Å². The number of halogens is 1. The van der Waals surface area contributed by atoms with Crippen molar-refractivity contribution in [2.75, 3.05) is 14.2 Å². The van der Waals surface area contributed by atoms with Gasteiger partial charge in [-0.3, -0.25) is 0 Å². The molecule has 1 aromatic carbocycles. The van der Waals surface area contributed by atoms with Crippen molar-refractivity contribution in [2.45, 2.75) is 18.4 Å². The van der Waals surface area contributed by atoms with Crippen molar-refractivity contribution in [1.29, 1.82) is 0 Å². The van der Waals surface area contributed by atoms with E-state index in [1.165, 1.54) is 0 Å². The Hall–Kier alpha value is -0.940. The van der Waals surface area contributed by atoms with Gasteiger partial charge in [0.2, 0.25) is 0 Å². The molecule has 0 aromatic heterocycles. The summed E-state index contributed by atoms with van der Waals surface area (Å²) < 4.78 is 11.1. The van der Waals surface area contributed by atoms with Gasteiger partial charge in [-0.1, -0.05) is 0 Å². The summed E-state index contributed by atoms with van der Waals surface area (Å²) in [5, 5.41) is 10.0. The molecule has 1 aliphatic carbocycles. The van der Waals surface area contributed by atoms with Gasteiger partial charge in [0.15, 0.2) is 11.5 Å². The van der Waals surface area contributed by atoms with Gasteiger partial charge in [0.05, 0.1) is 24.3 Å². The Morgan fingerprint density at radius 1 is 1.38 bits per heavy atom. The molecule has 0 unspecified atom stereocenters. The molecule has 0 aliphatic heterocycles. The summed E-state index contributed by atoms with van der Waals surface area (Å²) in [7, 11) is 3.10. The van der Waals surface area contributed by atoms with Crippen LogP contribution in [0.3, 0.4) is 0 Å². The summed E-state index contributed by atoms with van der Waals surface area (Å²) in [6, 6.07) is 1.67. The first kappa shape index (κ1) is 11.5. The SMILES string of the molecule is COc1cc(Br)c(O)c(C2(N)CC2)c1OC. The summed E-state index contributed by atoms with van der Waals surface area (Å²) in [5.74, 6) is 1.22. The predicted molar refractivity (Wildman–Crippen MR) is 64.0 cm³/mol. The molecule has 5 heteroatoms. The van der Waals surface area contributed by atoms with E-state index in [1.54, 1.807) is 20.3 Å². The third-order valence-electron chi connectivity index (χ3n) is 2.88. The van der Waals surface area contributed by atoms with E-state index in [1.807, 2.05) is 0 Å². The van der Waals surface area contributed by atoms with Crippen LogP contribution in [-0.4, -0.2) is 19.3 Å². The summed E-state index contributed by atoms with van der Waals surface area (Å²) in [6.45, 7) is 0. The Labute approximate surface area is 102 Å². The highest BCUT2D eigenvalue weighted by atomic mass is 79.9. The summed E-state index contributed by atoms with van der Waals surface area (Å²) >= 11 is 3.28. The molecular weight excluding hydrogens is 274 g/mol. The summed E-state index contributed by atoms with van der Waals surface area (Å²) in [5.41, 5.74) is 6.27. The molecule has 3 N–H and O–H groups in total. The van der Waals surface area contributed by atoms with E-state index in [0.29, 0.717) is 21.5 Å². The third-order valence-corrected chi connectivity index (χ3v) is 3.49. The quantitative estimate of drug-likeness (QED) is 0.894. The zero-order chi connectivity index (χ0) is 11.9. The zero-order valence-corrected chi connectivity index (χ0v) is 10.8. The van der Waals surface area contributed by atoms with Crippen molar-refractivity contribution < 1.29 is 14.6 Å². The Balaban J connectivity index is 2.67. The molecule has 0 spiro atoms. The molecule has 0 heterocycles. The molecule has 0 atom stereocenters. The van der Waals surface area contributed by atoms with Crippen molar-refractivity contribution in [2.24, 2.45) is 5.73 Å². The van der Waals surface area contributed by atoms with Crippen LogP contribution in [0, 0.1) is 0 Å². The van der Waals surface area contributed by atoms with E-state index in [4.69, 9.17) is 15.2 Å². The van der Waals surface area contributed by atoms with Crippen molar-refractivity contribution >= 4 is 15.9 Å². The van der Waals surface area contributed by atoms with Gasteiger partial charge in [-0.05, 0) is 28.8 Å². The number of nitrogens with two attached hydrogens (primary N) is 1. The maximum atomic E-state index is 10.0. The van der Waals surface area contributed by atoms with Crippen LogP contribution in [0.1, 0.15) is 18.4 Å². The first-order valence-electron chi connectivity index (χ1n) is 4.96. The second-order valence-electron chi connectivity index (χ2n) is 3.97. The minimum absolute atomic E-state index is 0.137. The maximum absolute atomic E-state index is 10.0. The lowest BCUT2D eigenvalue weighted by atomic mass is 10.0. The fourth-order valence-electron chi connectivity index (χ4n) is 1.80.